The van der Waals surface area contributed by atoms with E-state index in [-0.39, 0.29) is 31.3 Å². The number of carbonyl (C=O) groups is 2. The number of amides is 1. The fraction of sp³-hybridized carbons (Fsp3) is 0.429. The zero-order chi connectivity index (χ0) is 14.1. The molecule has 5 heteroatoms. The second-order valence-corrected chi connectivity index (χ2v) is 4.34. The number of benzene rings is 1. The van der Waals surface area contributed by atoms with Crippen LogP contribution in [0, 0.1) is 0 Å². The lowest BCUT2D eigenvalue weighted by molar-refractivity contribution is -0.137. The van der Waals surface area contributed by atoms with E-state index in [0.29, 0.717) is 13.0 Å². The van der Waals surface area contributed by atoms with Crippen molar-refractivity contribution in [2.75, 3.05) is 13.2 Å². The van der Waals surface area contributed by atoms with Gasteiger partial charge in [0.15, 0.2) is 0 Å². The Morgan fingerprint density at radius 1 is 1.16 bits per heavy atom. The lowest BCUT2D eigenvalue weighted by atomic mass is 9.92. The van der Waals surface area contributed by atoms with E-state index in [1.807, 2.05) is 30.3 Å². The number of rotatable bonds is 8. The summed E-state index contributed by atoms with van der Waals surface area (Å²) < 4.78 is 0. The first kappa shape index (κ1) is 15.2. The maximum Gasteiger partial charge on any atom is 0.303 e. The van der Waals surface area contributed by atoms with Crippen molar-refractivity contribution in [3.05, 3.63) is 35.9 Å². The first-order valence-electron chi connectivity index (χ1n) is 6.27. The minimum Gasteiger partial charge on any atom is -0.481 e. The number of hydrogen-bond donors (Lipinski definition) is 3. The summed E-state index contributed by atoms with van der Waals surface area (Å²) in [6.07, 6.45) is 0.569. The number of hydrogen-bond acceptors (Lipinski definition) is 3. The molecule has 1 aromatic rings. The Morgan fingerprint density at radius 3 is 2.42 bits per heavy atom. The molecular weight excluding hydrogens is 246 g/mol. The van der Waals surface area contributed by atoms with E-state index in [0.717, 1.165) is 5.56 Å². The molecule has 1 amide bonds. The van der Waals surface area contributed by atoms with E-state index < -0.39 is 5.97 Å². The van der Waals surface area contributed by atoms with Gasteiger partial charge in [-0.25, -0.2) is 0 Å². The van der Waals surface area contributed by atoms with Crippen LogP contribution in [-0.2, 0) is 9.59 Å². The number of aliphatic hydroxyl groups excluding tert-OH is 1. The van der Waals surface area contributed by atoms with Crippen LogP contribution < -0.4 is 5.32 Å². The van der Waals surface area contributed by atoms with Gasteiger partial charge in [0.1, 0.15) is 0 Å². The second-order valence-electron chi connectivity index (χ2n) is 4.34. The number of nitrogens with one attached hydrogen (secondary N) is 1. The normalized spacial score (nSPS) is 11.8. The molecule has 0 spiro atoms. The van der Waals surface area contributed by atoms with Gasteiger partial charge in [-0.2, -0.15) is 0 Å². The van der Waals surface area contributed by atoms with Crippen LogP contribution in [0.4, 0.5) is 0 Å². The average molecular weight is 265 g/mol. The van der Waals surface area contributed by atoms with Crippen molar-refractivity contribution in [1.29, 1.82) is 0 Å². The highest BCUT2D eigenvalue weighted by Gasteiger charge is 2.18. The van der Waals surface area contributed by atoms with E-state index in [1.54, 1.807) is 0 Å². The highest BCUT2D eigenvalue weighted by Crippen LogP contribution is 2.23. The maximum absolute atomic E-state index is 11.7. The highest BCUT2D eigenvalue weighted by atomic mass is 16.4. The first-order valence-corrected chi connectivity index (χ1v) is 6.27. The quantitative estimate of drug-likeness (QED) is 0.615. The molecule has 1 rings (SSSR count). The Hall–Kier alpha value is -1.88. The molecule has 0 aliphatic heterocycles. The van der Waals surface area contributed by atoms with Crippen molar-refractivity contribution < 1.29 is 19.8 Å². The third-order valence-electron chi connectivity index (χ3n) is 2.78. The molecule has 0 aliphatic rings. The Bertz CT molecular complexity index is 405. The summed E-state index contributed by atoms with van der Waals surface area (Å²) >= 11 is 0. The summed E-state index contributed by atoms with van der Waals surface area (Å²) in [7, 11) is 0. The highest BCUT2D eigenvalue weighted by molar-refractivity contribution is 5.78. The molecular formula is C14H19NO4. The summed E-state index contributed by atoms with van der Waals surface area (Å²) in [5.41, 5.74) is 0.849. The lowest BCUT2D eigenvalue weighted by Crippen LogP contribution is -2.27. The van der Waals surface area contributed by atoms with Crippen LogP contribution in [0.5, 0.6) is 0 Å². The van der Waals surface area contributed by atoms with E-state index in [4.69, 9.17) is 10.2 Å². The molecule has 0 radical (unpaired) electrons. The van der Waals surface area contributed by atoms with E-state index in [1.165, 1.54) is 0 Å². The van der Waals surface area contributed by atoms with Crippen LogP contribution in [0.1, 0.15) is 30.7 Å². The summed E-state index contributed by atoms with van der Waals surface area (Å²) in [6, 6.07) is 9.16. The Balaban J connectivity index is 2.60. The van der Waals surface area contributed by atoms with Gasteiger partial charge in [0.2, 0.25) is 5.91 Å². The summed E-state index contributed by atoms with van der Waals surface area (Å²) in [6.45, 7) is 0.432. The van der Waals surface area contributed by atoms with Gasteiger partial charge >= 0.3 is 5.97 Å². The van der Waals surface area contributed by atoms with Crippen LogP contribution in [-0.4, -0.2) is 35.2 Å². The molecule has 1 aromatic carbocycles. The van der Waals surface area contributed by atoms with Crippen molar-refractivity contribution in [3.63, 3.8) is 0 Å². The zero-order valence-electron chi connectivity index (χ0n) is 10.7. The van der Waals surface area contributed by atoms with Gasteiger partial charge in [-0.15, -0.1) is 0 Å². The third kappa shape index (κ3) is 6.01. The SMILES string of the molecule is O=C(O)CC(CC(=O)NCCCO)c1ccccc1. The van der Waals surface area contributed by atoms with Crippen LogP contribution in [0.2, 0.25) is 0 Å². The van der Waals surface area contributed by atoms with Crippen LogP contribution in [0.15, 0.2) is 30.3 Å². The fourth-order valence-electron chi connectivity index (χ4n) is 1.85. The van der Waals surface area contributed by atoms with Gasteiger partial charge in [-0.05, 0) is 12.0 Å². The van der Waals surface area contributed by atoms with Gasteiger partial charge in [0.25, 0.3) is 0 Å². The van der Waals surface area contributed by atoms with Gasteiger partial charge in [0.05, 0.1) is 6.42 Å². The summed E-state index contributed by atoms with van der Waals surface area (Å²) in [4.78, 5) is 22.6. The maximum atomic E-state index is 11.7. The van der Waals surface area contributed by atoms with Crippen LogP contribution in [0.25, 0.3) is 0 Å². The minimum absolute atomic E-state index is 0.0253. The van der Waals surface area contributed by atoms with E-state index in [2.05, 4.69) is 5.32 Å². The van der Waals surface area contributed by atoms with Crippen molar-refractivity contribution in [2.45, 2.75) is 25.2 Å². The smallest absolute Gasteiger partial charge is 0.303 e. The molecule has 0 aliphatic carbocycles. The standard InChI is InChI=1S/C14H19NO4/c16-8-4-7-15-13(17)9-12(10-14(18)19)11-5-2-1-3-6-11/h1-3,5-6,12,16H,4,7-10H2,(H,15,17)(H,18,19). The third-order valence-corrected chi connectivity index (χ3v) is 2.78. The predicted octanol–water partition coefficient (Wildman–Crippen LogP) is 1.13. The number of carbonyl (C=O) groups excluding carboxylic acids is 1. The van der Waals surface area contributed by atoms with Gasteiger partial charge < -0.3 is 15.5 Å². The van der Waals surface area contributed by atoms with Crippen molar-refractivity contribution in [1.82, 2.24) is 5.32 Å². The summed E-state index contributed by atoms with van der Waals surface area (Å²) in [5.74, 6) is -1.44. The van der Waals surface area contributed by atoms with E-state index in [9.17, 15) is 9.59 Å². The molecule has 0 saturated heterocycles. The van der Waals surface area contributed by atoms with Crippen molar-refractivity contribution in [2.24, 2.45) is 0 Å². The fourth-order valence-corrected chi connectivity index (χ4v) is 1.85. The molecule has 0 saturated carbocycles. The molecule has 0 bridgehead atoms. The largest absolute Gasteiger partial charge is 0.481 e. The second kappa shape index (κ2) is 8.26. The minimum atomic E-state index is -0.919. The number of aliphatic hydroxyl groups is 1. The van der Waals surface area contributed by atoms with Crippen molar-refractivity contribution >= 4 is 11.9 Å². The number of carboxylic acids is 1. The molecule has 19 heavy (non-hydrogen) atoms. The van der Waals surface area contributed by atoms with Gasteiger partial charge in [-0.1, -0.05) is 30.3 Å². The monoisotopic (exact) mass is 265 g/mol. The number of aliphatic carboxylic acids is 1. The molecule has 5 nitrogen and oxygen atoms in total. The molecule has 104 valence electrons. The molecule has 0 aromatic heterocycles. The van der Waals surface area contributed by atoms with Crippen LogP contribution >= 0.6 is 0 Å². The predicted molar refractivity (Wildman–Crippen MR) is 70.8 cm³/mol. The molecule has 3 N–H and O–H groups in total. The lowest BCUT2D eigenvalue weighted by Gasteiger charge is -2.15. The van der Waals surface area contributed by atoms with Gasteiger partial charge in [0, 0.05) is 25.5 Å². The van der Waals surface area contributed by atoms with Crippen molar-refractivity contribution in [3.8, 4) is 0 Å². The Kier molecular flexibility index (Phi) is 6.60. The van der Waals surface area contributed by atoms with E-state index >= 15 is 0 Å². The number of carboxylic acid groups (broad SMARTS) is 1. The zero-order valence-corrected chi connectivity index (χ0v) is 10.7. The molecule has 0 fully saturated rings. The molecule has 1 atom stereocenters. The first-order chi connectivity index (χ1) is 9.13. The Morgan fingerprint density at radius 2 is 1.84 bits per heavy atom. The molecule has 0 heterocycles. The van der Waals surface area contributed by atoms with Crippen LogP contribution in [0.3, 0.4) is 0 Å². The average Bonchev–Trinajstić information content (AvgIpc) is 2.39. The Labute approximate surface area is 112 Å². The summed E-state index contributed by atoms with van der Waals surface area (Å²) in [5, 5.41) is 20.2. The van der Waals surface area contributed by atoms with Gasteiger partial charge in [-0.3, -0.25) is 9.59 Å². The molecule has 1 unspecified atom stereocenters. The topological polar surface area (TPSA) is 86.6 Å².